The van der Waals surface area contributed by atoms with Gasteiger partial charge in [0.05, 0.1) is 17.6 Å². The number of benzene rings is 1. The van der Waals surface area contributed by atoms with Crippen LogP contribution in [0, 0.1) is 16.0 Å². The van der Waals surface area contributed by atoms with Gasteiger partial charge in [0.2, 0.25) is 0 Å². The van der Waals surface area contributed by atoms with Crippen LogP contribution in [0.1, 0.15) is 43.0 Å². The standard InChI is InChI=1S/C18H24N2O5/c1-2-24-18(21)15-12-14(5-6-16(15)20(22)23)19-9-7-13(8-10-19)17-4-3-11-25-17/h5-6,12-13,17H,2-4,7-11H2,1H3. The Morgan fingerprint density at radius 1 is 1.36 bits per heavy atom. The Morgan fingerprint density at radius 3 is 2.72 bits per heavy atom. The summed E-state index contributed by atoms with van der Waals surface area (Å²) in [6.45, 7) is 4.47. The smallest absolute Gasteiger partial charge is 0.345 e. The molecule has 2 aliphatic rings. The lowest BCUT2D eigenvalue weighted by molar-refractivity contribution is -0.385. The Balaban J connectivity index is 1.73. The minimum Gasteiger partial charge on any atom is -0.462 e. The van der Waals surface area contributed by atoms with Gasteiger partial charge < -0.3 is 14.4 Å². The van der Waals surface area contributed by atoms with E-state index >= 15 is 0 Å². The molecule has 0 aromatic heterocycles. The van der Waals surface area contributed by atoms with Gasteiger partial charge in [-0.1, -0.05) is 0 Å². The van der Waals surface area contributed by atoms with E-state index in [2.05, 4.69) is 4.90 Å². The number of ether oxygens (including phenoxy) is 2. The van der Waals surface area contributed by atoms with E-state index in [1.165, 1.54) is 6.07 Å². The van der Waals surface area contributed by atoms with Gasteiger partial charge in [-0.2, -0.15) is 0 Å². The zero-order chi connectivity index (χ0) is 17.8. The van der Waals surface area contributed by atoms with Crippen LogP contribution in [0.2, 0.25) is 0 Å². The number of anilines is 1. The normalized spacial score (nSPS) is 21.3. The SMILES string of the molecule is CCOC(=O)c1cc(N2CCC(C3CCCO3)CC2)ccc1[N+](=O)[O-]. The van der Waals surface area contributed by atoms with Crippen LogP contribution in [0.15, 0.2) is 18.2 Å². The summed E-state index contributed by atoms with van der Waals surface area (Å²) in [5, 5.41) is 11.2. The molecule has 7 heteroatoms. The van der Waals surface area contributed by atoms with Gasteiger partial charge in [-0.15, -0.1) is 0 Å². The van der Waals surface area contributed by atoms with E-state index in [0.717, 1.165) is 51.1 Å². The zero-order valence-corrected chi connectivity index (χ0v) is 14.5. The van der Waals surface area contributed by atoms with E-state index in [0.29, 0.717) is 12.0 Å². The maximum atomic E-state index is 12.1. The summed E-state index contributed by atoms with van der Waals surface area (Å²) in [6.07, 6.45) is 4.76. The fraction of sp³-hybridized carbons (Fsp3) is 0.611. The molecule has 2 heterocycles. The molecule has 0 bridgehead atoms. The fourth-order valence-corrected chi connectivity index (χ4v) is 3.76. The summed E-state index contributed by atoms with van der Waals surface area (Å²) < 4.78 is 10.8. The summed E-state index contributed by atoms with van der Waals surface area (Å²) >= 11 is 0. The first-order valence-corrected chi connectivity index (χ1v) is 8.92. The molecule has 0 saturated carbocycles. The molecule has 1 unspecified atom stereocenters. The fourth-order valence-electron chi connectivity index (χ4n) is 3.76. The van der Waals surface area contributed by atoms with Gasteiger partial charge in [0.25, 0.3) is 5.69 Å². The van der Waals surface area contributed by atoms with Crippen molar-refractivity contribution in [1.29, 1.82) is 0 Å². The molecule has 2 saturated heterocycles. The number of rotatable bonds is 5. The Kier molecular flexibility index (Phi) is 5.53. The molecule has 1 aromatic rings. The maximum absolute atomic E-state index is 12.1. The monoisotopic (exact) mass is 348 g/mol. The van der Waals surface area contributed by atoms with Crippen molar-refractivity contribution in [3.05, 3.63) is 33.9 Å². The summed E-state index contributed by atoms with van der Waals surface area (Å²) in [5.41, 5.74) is 0.640. The number of hydrogen-bond donors (Lipinski definition) is 0. The molecule has 0 amide bonds. The van der Waals surface area contributed by atoms with Crippen LogP contribution in [0.25, 0.3) is 0 Å². The minimum atomic E-state index is -0.648. The first-order valence-electron chi connectivity index (χ1n) is 8.92. The molecule has 136 valence electrons. The molecule has 2 aliphatic heterocycles. The molecular formula is C18H24N2O5. The lowest BCUT2D eigenvalue weighted by atomic mass is 9.89. The van der Waals surface area contributed by atoms with Crippen LogP contribution in [-0.4, -0.2) is 43.3 Å². The second-order valence-corrected chi connectivity index (χ2v) is 6.55. The predicted molar refractivity (Wildman–Crippen MR) is 93.0 cm³/mol. The van der Waals surface area contributed by atoms with Crippen molar-refractivity contribution in [2.45, 2.75) is 38.7 Å². The summed E-state index contributed by atoms with van der Waals surface area (Å²) in [5.74, 6) is -0.0633. The van der Waals surface area contributed by atoms with Gasteiger partial charge in [0.15, 0.2) is 0 Å². The molecule has 0 radical (unpaired) electrons. The zero-order valence-electron chi connectivity index (χ0n) is 14.5. The Morgan fingerprint density at radius 2 is 2.12 bits per heavy atom. The first kappa shape index (κ1) is 17.7. The van der Waals surface area contributed by atoms with E-state index in [1.54, 1.807) is 19.1 Å². The van der Waals surface area contributed by atoms with Crippen LogP contribution >= 0.6 is 0 Å². The lowest BCUT2D eigenvalue weighted by Crippen LogP contribution is -2.37. The van der Waals surface area contributed by atoms with E-state index in [4.69, 9.17) is 9.47 Å². The highest BCUT2D eigenvalue weighted by Crippen LogP contribution is 2.32. The van der Waals surface area contributed by atoms with Crippen molar-refractivity contribution in [1.82, 2.24) is 0 Å². The topological polar surface area (TPSA) is 81.9 Å². The Hall–Kier alpha value is -2.15. The van der Waals surface area contributed by atoms with Crippen LogP contribution < -0.4 is 4.90 Å². The van der Waals surface area contributed by atoms with Crippen LogP contribution in [0.5, 0.6) is 0 Å². The summed E-state index contributed by atoms with van der Waals surface area (Å²) in [6, 6.07) is 4.70. The van der Waals surface area contributed by atoms with Gasteiger partial charge in [0.1, 0.15) is 5.56 Å². The van der Waals surface area contributed by atoms with Crippen molar-refractivity contribution in [2.75, 3.05) is 31.2 Å². The van der Waals surface area contributed by atoms with Crippen LogP contribution in [-0.2, 0) is 9.47 Å². The molecule has 25 heavy (non-hydrogen) atoms. The summed E-state index contributed by atoms with van der Waals surface area (Å²) in [4.78, 5) is 24.9. The molecule has 3 rings (SSSR count). The quantitative estimate of drug-likeness (QED) is 0.462. The third-order valence-electron chi connectivity index (χ3n) is 5.07. The van der Waals surface area contributed by atoms with Crippen molar-refractivity contribution in [2.24, 2.45) is 5.92 Å². The third kappa shape index (κ3) is 3.92. The number of piperidine rings is 1. The molecule has 7 nitrogen and oxygen atoms in total. The van der Waals surface area contributed by atoms with Crippen LogP contribution in [0.3, 0.4) is 0 Å². The first-order chi connectivity index (χ1) is 12.1. The van der Waals surface area contributed by atoms with Crippen molar-refractivity contribution in [3.63, 3.8) is 0 Å². The van der Waals surface area contributed by atoms with Gasteiger partial charge in [0, 0.05) is 31.5 Å². The Bertz CT molecular complexity index is 634. The number of carbonyl (C=O) groups is 1. The number of nitro benzene ring substituents is 1. The number of esters is 1. The molecule has 0 spiro atoms. The number of hydrogen-bond acceptors (Lipinski definition) is 6. The molecule has 0 N–H and O–H groups in total. The highest BCUT2D eigenvalue weighted by Gasteiger charge is 2.30. The van der Waals surface area contributed by atoms with E-state index in [1.807, 2.05) is 0 Å². The van der Waals surface area contributed by atoms with E-state index in [9.17, 15) is 14.9 Å². The van der Waals surface area contributed by atoms with Crippen molar-refractivity contribution >= 4 is 17.3 Å². The second-order valence-electron chi connectivity index (χ2n) is 6.55. The average Bonchev–Trinajstić information content (AvgIpc) is 3.16. The molecular weight excluding hydrogens is 324 g/mol. The average molecular weight is 348 g/mol. The number of nitro groups is 1. The highest BCUT2D eigenvalue weighted by atomic mass is 16.6. The number of carbonyl (C=O) groups excluding carboxylic acids is 1. The Labute approximate surface area is 147 Å². The van der Waals surface area contributed by atoms with Gasteiger partial charge >= 0.3 is 5.97 Å². The molecule has 1 aromatic carbocycles. The lowest BCUT2D eigenvalue weighted by Gasteiger charge is -2.35. The van der Waals surface area contributed by atoms with E-state index in [-0.39, 0.29) is 17.9 Å². The third-order valence-corrected chi connectivity index (χ3v) is 5.07. The predicted octanol–water partition coefficient (Wildman–Crippen LogP) is 3.17. The summed E-state index contributed by atoms with van der Waals surface area (Å²) in [7, 11) is 0. The largest absolute Gasteiger partial charge is 0.462 e. The number of nitrogens with zero attached hydrogens (tertiary/aromatic N) is 2. The molecule has 0 aliphatic carbocycles. The minimum absolute atomic E-state index is 0.0191. The maximum Gasteiger partial charge on any atom is 0.345 e. The van der Waals surface area contributed by atoms with Crippen molar-refractivity contribution < 1.29 is 19.2 Å². The van der Waals surface area contributed by atoms with Gasteiger partial charge in [-0.3, -0.25) is 10.1 Å². The second kappa shape index (κ2) is 7.82. The molecule has 2 fully saturated rings. The molecule has 1 atom stereocenters. The van der Waals surface area contributed by atoms with E-state index < -0.39 is 10.9 Å². The highest BCUT2D eigenvalue weighted by molar-refractivity contribution is 5.95. The van der Waals surface area contributed by atoms with Crippen LogP contribution in [0.4, 0.5) is 11.4 Å². The van der Waals surface area contributed by atoms with Gasteiger partial charge in [-0.25, -0.2) is 4.79 Å². The van der Waals surface area contributed by atoms with Crippen molar-refractivity contribution in [3.8, 4) is 0 Å². The van der Waals surface area contributed by atoms with Gasteiger partial charge in [-0.05, 0) is 50.7 Å².